The summed E-state index contributed by atoms with van der Waals surface area (Å²) in [4.78, 5) is 4.21. The molecule has 108 valence electrons. The van der Waals surface area contributed by atoms with Crippen LogP contribution in [0.4, 0.5) is 8.78 Å². The predicted molar refractivity (Wildman–Crippen MR) is 77.4 cm³/mol. The van der Waals surface area contributed by atoms with Gasteiger partial charge in [0.25, 0.3) is 0 Å². The molecule has 0 saturated heterocycles. The Labute approximate surface area is 125 Å². The van der Waals surface area contributed by atoms with Crippen LogP contribution < -0.4 is 5.32 Å². The van der Waals surface area contributed by atoms with Gasteiger partial charge in [-0.15, -0.1) is 0 Å². The summed E-state index contributed by atoms with van der Waals surface area (Å²) in [7, 11) is 3.60. The molecule has 0 fully saturated rings. The fraction of sp³-hybridized carbons (Fsp3) is 0.357. The minimum absolute atomic E-state index is 0.0740. The predicted octanol–water partition coefficient (Wildman–Crippen LogP) is 3.35. The van der Waals surface area contributed by atoms with Crippen LogP contribution in [0.15, 0.2) is 29.0 Å². The average molecular weight is 344 g/mol. The first-order chi connectivity index (χ1) is 9.52. The number of halogens is 3. The average Bonchev–Trinajstić information content (AvgIpc) is 2.78. The van der Waals surface area contributed by atoms with Crippen molar-refractivity contribution >= 4 is 15.9 Å². The normalized spacial score (nSPS) is 12.7. The van der Waals surface area contributed by atoms with E-state index in [1.54, 1.807) is 13.2 Å². The third kappa shape index (κ3) is 3.24. The van der Waals surface area contributed by atoms with E-state index < -0.39 is 11.6 Å². The molecule has 2 aromatic rings. The molecule has 0 aliphatic heterocycles. The van der Waals surface area contributed by atoms with Crippen LogP contribution in [0.5, 0.6) is 0 Å². The van der Waals surface area contributed by atoms with Gasteiger partial charge in [0.15, 0.2) is 0 Å². The minimum Gasteiger partial charge on any atom is -0.338 e. The third-order valence-electron chi connectivity index (χ3n) is 3.32. The molecule has 0 aliphatic carbocycles. The molecule has 0 aliphatic rings. The number of aromatic nitrogens is 2. The van der Waals surface area contributed by atoms with E-state index in [1.165, 1.54) is 12.1 Å². The maximum atomic E-state index is 14.0. The van der Waals surface area contributed by atoms with E-state index in [9.17, 15) is 8.78 Å². The smallest absolute Gasteiger partial charge is 0.132 e. The van der Waals surface area contributed by atoms with Crippen molar-refractivity contribution in [2.75, 3.05) is 7.05 Å². The fourth-order valence-corrected chi connectivity index (χ4v) is 2.63. The summed E-state index contributed by atoms with van der Waals surface area (Å²) in [5, 5.41) is 2.97. The number of aryl methyl sites for hydroxylation is 2. The van der Waals surface area contributed by atoms with Crippen molar-refractivity contribution in [2.24, 2.45) is 7.05 Å². The van der Waals surface area contributed by atoms with Crippen molar-refractivity contribution in [1.82, 2.24) is 14.9 Å². The van der Waals surface area contributed by atoms with E-state index in [4.69, 9.17) is 0 Å². The van der Waals surface area contributed by atoms with Crippen molar-refractivity contribution in [1.29, 1.82) is 0 Å². The van der Waals surface area contributed by atoms with Crippen molar-refractivity contribution in [3.05, 3.63) is 52.0 Å². The number of nitrogens with zero attached hydrogens (tertiary/aromatic N) is 2. The molecular formula is C14H16BrF2N3. The maximum absolute atomic E-state index is 14.0. The molecule has 1 atom stereocenters. The molecule has 3 nitrogen and oxygen atoms in total. The Balaban J connectivity index is 2.18. The lowest BCUT2D eigenvalue weighted by atomic mass is 10.0. The largest absolute Gasteiger partial charge is 0.338 e. The number of nitrogens with one attached hydrogen (secondary N) is 1. The lowest BCUT2D eigenvalue weighted by molar-refractivity contribution is 0.466. The lowest BCUT2D eigenvalue weighted by Gasteiger charge is -2.18. The van der Waals surface area contributed by atoms with Crippen molar-refractivity contribution in [3.8, 4) is 0 Å². The Bertz CT molecular complexity index is 575. The van der Waals surface area contributed by atoms with E-state index in [1.807, 2.05) is 17.8 Å². The van der Waals surface area contributed by atoms with E-state index >= 15 is 0 Å². The van der Waals surface area contributed by atoms with Crippen LogP contribution in [-0.4, -0.2) is 16.6 Å². The molecule has 1 aromatic heterocycles. The van der Waals surface area contributed by atoms with Gasteiger partial charge < -0.3 is 9.88 Å². The van der Waals surface area contributed by atoms with Gasteiger partial charge in [0.2, 0.25) is 0 Å². The first-order valence-corrected chi connectivity index (χ1v) is 7.10. The van der Waals surface area contributed by atoms with Crippen LogP contribution in [0.1, 0.15) is 23.9 Å². The highest BCUT2D eigenvalue weighted by molar-refractivity contribution is 9.10. The first-order valence-electron chi connectivity index (χ1n) is 6.30. The zero-order valence-electron chi connectivity index (χ0n) is 11.3. The molecule has 1 N–H and O–H groups in total. The van der Waals surface area contributed by atoms with Gasteiger partial charge in [-0.25, -0.2) is 13.8 Å². The third-order valence-corrected chi connectivity index (χ3v) is 3.78. The molecule has 0 spiro atoms. The Hall–Kier alpha value is -1.27. The van der Waals surface area contributed by atoms with Crippen LogP contribution in [0.3, 0.4) is 0 Å². The second-order valence-corrected chi connectivity index (χ2v) is 5.53. The number of rotatable bonds is 5. The van der Waals surface area contributed by atoms with Gasteiger partial charge in [-0.1, -0.05) is 15.9 Å². The van der Waals surface area contributed by atoms with Crippen LogP contribution in [-0.2, 0) is 13.5 Å². The topological polar surface area (TPSA) is 29.9 Å². The SMILES string of the molecule is CNC(CCc1nccn1C)c1c(F)cc(Br)cc1F. The Kier molecular flexibility index (Phi) is 4.88. The van der Waals surface area contributed by atoms with Crippen LogP contribution in [0, 0.1) is 11.6 Å². The van der Waals surface area contributed by atoms with Gasteiger partial charge in [-0.2, -0.15) is 0 Å². The number of imidazole rings is 1. The highest BCUT2D eigenvalue weighted by Crippen LogP contribution is 2.27. The van der Waals surface area contributed by atoms with Gasteiger partial charge in [-0.05, 0) is 25.6 Å². The molecule has 0 bridgehead atoms. The van der Waals surface area contributed by atoms with E-state index in [0.717, 1.165) is 5.82 Å². The van der Waals surface area contributed by atoms with Crippen molar-refractivity contribution in [2.45, 2.75) is 18.9 Å². The summed E-state index contributed by atoms with van der Waals surface area (Å²) in [6.07, 6.45) is 4.77. The Morgan fingerprint density at radius 2 is 2.00 bits per heavy atom. The van der Waals surface area contributed by atoms with Gasteiger partial charge in [0, 0.05) is 41.9 Å². The molecule has 2 rings (SSSR count). The zero-order chi connectivity index (χ0) is 14.7. The summed E-state index contributed by atoms with van der Waals surface area (Å²) in [6.45, 7) is 0. The molecule has 1 heterocycles. The molecule has 6 heteroatoms. The van der Waals surface area contributed by atoms with Gasteiger partial charge in [0.1, 0.15) is 17.5 Å². The summed E-state index contributed by atoms with van der Waals surface area (Å²) < 4.78 is 30.2. The zero-order valence-corrected chi connectivity index (χ0v) is 12.9. The number of benzene rings is 1. The summed E-state index contributed by atoms with van der Waals surface area (Å²) in [6, 6.07) is 2.17. The summed E-state index contributed by atoms with van der Waals surface area (Å²) in [5.41, 5.74) is 0.0740. The quantitative estimate of drug-likeness (QED) is 0.902. The Morgan fingerprint density at radius 1 is 1.35 bits per heavy atom. The highest BCUT2D eigenvalue weighted by Gasteiger charge is 2.20. The number of hydrogen-bond donors (Lipinski definition) is 1. The molecule has 0 amide bonds. The second kappa shape index (κ2) is 6.45. The van der Waals surface area contributed by atoms with Crippen molar-refractivity contribution in [3.63, 3.8) is 0 Å². The van der Waals surface area contributed by atoms with Gasteiger partial charge >= 0.3 is 0 Å². The first kappa shape index (κ1) is 15.1. The van der Waals surface area contributed by atoms with E-state index in [-0.39, 0.29) is 11.6 Å². The molecule has 0 saturated carbocycles. The Morgan fingerprint density at radius 3 is 2.50 bits per heavy atom. The molecule has 1 unspecified atom stereocenters. The molecule has 20 heavy (non-hydrogen) atoms. The van der Waals surface area contributed by atoms with Crippen molar-refractivity contribution < 1.29 is 8.78 Å². The summed E-state index contributed by atoms with van der Waals surface area (Å²) >= 11 is 3.08. The summed E-state index contributed by atoms with van der Waals surface area (Å²) in [5.74, 6) is -0.199. The maximum Gasteiger partial charge on any atom is 0.132 e. The molecule has 0 radical (unpaired) electrons. The highest BCUT2D eigenvalue weighted by atomic mass is 79.9. The van der Waals surface area contributed by atoms with E-state index in [0.29, 0.717) is 17.3 Å². The van der Waals surface area contributed by atoms with E-state index in [2.05, 4.69) is 26.2 Å². The molecule has 1 aromatic carbocycles. The lowest BCUT2D eigenvalue weighted by Crippen LogP contribution is -2.20. The fourth-order valence-electron chi connectivity index (χ4n) is 2.23. The van der Waals surface area contributed by atoms with Crippen LogP contribution in [0.2, 0.25) is 0 Å². The van der Waals surface area contributed by atoms with Crippen LogP contribution in [0.25, 0.3) is 0 Å². The van der Waals surface area contributed by atoms with Gasteiger partial charge in [-0.3, -0.25) is 0 Å². The second-order valence-electron chi connectivity index (χ2n) is 4.62. The molecular weight excluding hydrogens is 328 g/mol. The standard InChI is InChI=1S/C14H16BrF2N3/c1-18-12(3-4-13-19-5-6-20(13)2)14-10(16)7-9(15)8-11(14)17/h5-8,12,18H,3-4H2,1-2H3. The van der Waals surface area contributed by atoms with Gasteiger partial charge in [0.05, 0.1) is 0 Å². The number of hydrogen-bond acceptors (Lipinski definition) is 2. The monoisotopic (exact) mass is 343 g/mol. The van der Waals surface area contributed by atoms with Crippen LogP contribution >= 0.6 is 15.9 Å². The minimum atomic E-state index is -0.545.